The van der Waals surface area contributed by atoms with Gasteiger partial charge < -0.3 is 4.90 Å². The summed E-state index contributed by atoms with van der Waals surface area (Å²) in [6.45, 7) is 1.61. The molecule has 0 radical (unpaired) electrons. The summed E-state index contributed by atoms with van der Waals surface area (Å²) in [6.07, 6.45) is 9.98. The first-order valence-electron chi connectivity index (χ1n) is 8.03. The number of aromatic nitrogens is 4. The van der Waals surface area contributed by atoms with E-state index in [1.807, 2.05) is 33.7 Å². The molecule has 1 aliphatic heterocycles. The van der Waals surface area contributed by atoms with Crippen molar-refractivity contribution in [3.8, 4) is 0 Å². The van der Waals surface area contributed by atoms with Crippen molar-refractivity contribution in [3.05, 3.63) is 35.9 Å². The number of carbonyl (C=O) groups excluding carboxylic acids is 1. The summed E-state index contributed by atoms with van der Waals surface area (Å²) in [5, 5.41) is 8.58. The number of rotatable bonds is 3. The Kier molecular flexibility index (Phi) is 3.24. The summed E-state index contributed by atoms with van der Waals surface area (Å²) in [5.41, 5.74) is 1.93. The highest BCUT2D eigenvalue weighted by Gasteiger charge is 2.29. The lowest BCUT2D eigenvalue weighted by atomic mass is 9.94. The summed E-state index contributed by atoms with van der Waals surface area (Å²) < 4.78 is 3.86. The van der Waals surface area contributed by atoms with Crippen molar-refractivity contribution < 1.29 is 4.79 Å². The molecule has 1 amide bonds. The molecule has 116 valence electrons. The number of carbonyl (C=O) groups is 1. The molecule has 4 rings (SSSR count). The van der Waals surface area contributed by atoms with Gasteiger partial charge in [0.2, 0.25) is 0 Å². The second kappa shape index (κ2) is 5.26. The molecule has 1 saturated heterocycles. The van der Waals surface area contributed by atoms with Crippen LogP contribution < -0.4 is 0 Å². The number of hydrogen-bond acceptors (Lipinski definition) is 3. The molecular formula is C16H21N5O. The smallest absolute Gasteiger partial charge is 0.257 e. The first-order valence-corrected chi connectivity index (χ1v) is 8.03. The molecule has 1 atom stereocenters. The van der Waals surface area contributed by atoms with E-state index in [1.54, 1.807) is 6.20 Å². The van der Waals surface area contributed by atoms with Crippen molar-refractivity contribution in [2.75, 3.05) is 13.1 Å². The molecule has 22 heavy (non-hydrogen) atoms. The van der Waals surface area contributed by atoms with Crippen molar-refractivity contribution in [1.29, 1.82) is 0 Å². The van der Waals surface area contributed by atoms with Crippen LogP contribution in [0.5, 0.6) is 0 Å². The largest absolute Gasteiger partial charge is 0.338 e. The summed E-state index contributed by atoms with van der Waals surface area (Å²) in [5.74, 6) is 0.488. The normalized spacial score (nSPS) is 22.0. The Morgan fingerprint density at radius 1 is 1.27 bits per heavy atom. The van der Waals surface area contributed by atoms with Gasteiger partial charge >= 0.3 is 0 Å². The number of likely N-dealkylation sites (tertiary alicyclic amines) is 1. The van der Waals surface area contributed by atoms with Crippen LogP contribution in [-0.2, 0) is 7.05 Å². The molecular weight excluding hydrogens is 278 g/mol. The molecule has 2 aromatic heterocycles. The number of aryl methyl sites for hydroxylation is 1. The third-order valence-corrected chi connectivity index (χ3v) is 4.76. The van der Waals surface area contributed by atoms with Gasteiger partial charge in [-0.15, -0.1) is 0 Å². The zero-order valence-corrected chi connectivity index (χ0v) is 12.9. The molecule has 2 aromatic rings. The fourth-order valence-electron chi connectivity index (χ4n) is 3.36. The first kappa shape index (κ1) is 13.5. The Morgan fingerprint density at radius 3 is 2.86 bits per heavy atom. The Bertz CT molecular complexity index is 684. The zero-order chi connectivity index (χ0) is 15.1. The fraction of sp³-hybridized carbons (Fsp3) is 0.562. The van der Waals surface area contributed by atoms with Crippen molar-refractivity contribution in [1.82, 2.24) is 24.5 Å². The maximum absolute atomic E-state index is 12.7. The van der Waals surface area contributed by atoms with Gasteiger partial charge in [0.15, 0.2) is 0 Å². The molecule has 2 aliphatic rings. The summed E-state index contributed by atoms with van der Waals surface area (Å²) in [7, 11) is 1.97. The van der Waals surface area contributed by atoms with Gasteiger partial charge in [-0.05, 0) is 31.7 Å². The highest BCUT2D eigenvalue weighted by molar-refractivity contribution is 5.93. The SMILES string of the molecule is Cn1nccc1C1CCCN(C(=O)c2cnn(C3CC3)c2)C1. The molecule has 1 saturated carbocycles. The number of amides is 1. The van der Waals surface area contributed by atoms with Crippen LogP contribution in [0.4, 0.5) is 0 Å². The molecule has 0 aromatic carbocycles. The molecule has 1 unspecified atom stereocenters. The van der Waals surface area contributed by atoms with Gasteiger partial charge in [0.25, 0.3) is 5.91 Å². The molecule has 0 spiro atoms. The summed E-state index contributed by atoms with van der Waals surface area (Å²) >= 11 is 0. The van der Waals surface area contributed by atoms with Crippen LogP contribution in [0.15, 0.2) is 24.7 Å². The quantitative estimate of drug-likeness (QED) is 0.870. The monoisotopic (exact) mass is 299 g/mol. The van der Waals surface area contributed by atoms with Crippen LogP contribution in [0.1, 0.15) is 53.7 Å². The highest BCUT2D eigenvalue weighted by Crippen LogP contribution is 2.34. The second-order valence-electron chi connectivity index (χ2n) is 6.41. The van der Waals surface area contributed by atoms with E-state index < -0.39 is 0 Å². The number of nitrogens with zero attached hydrogens (tertiary/aromatic N) is 5. The lowest BCUT2D eigenvalue weighted by Crippen LogP contribution is -2.39. The minimum atomic E-state index is 0.110. The Labute approximate surface area is 129 Å². The van der Waals surface area contributed by atoms with Gasteiger partial charge in [0, 0.05) is 44.1 Å². The van der Waals surface area contributed by atoms with E-state index in [-0.39, 0.29) is 5.91 Å². The van der Waals surface area contributed by atoms with Crippen LogP contribution >= 0.6 is 0 Å². The summed E-state index contributed by atoms with van der Waals surface area (Å²) in [4.78, 5) is 14.7. The molecule has 6 heteroatoms. The van der Waals surface area contributed by atoms with Gasteiger partial charge in [0.05, 0.1) is 17.8 Å². The van der Waals surface area contributed by atoms with Gasteiger partial charge in [-0.1, -0.05) is 0 Å². The van der Waals surface area contributed by atoms with Crippen LogP contribution in [0, 0.1) is 0 Å². The average molecular weight is 299 g/mol. The predicted molar refractivity (Wildman–Crippen MR) is 81.6 cm³/mol. The lowest BCUT2D eigenvalue weighted by Gasteiger charge is -2.32. The van der Waals surface area contributed by atoms with E-state index in [9.17, 15) is 4.79 Å². The predicted octanol–water partition coefficient (Wildman–Crippen LogP) is 1.97. The van der Waals surface area contributed by atoms with E-state index >= 15 is 0 Å². The second-order valence-corrected chi connectivity index (χ2v) is 6.41. The minimum Gasteiger partial charge on any atom is -0.338 e. The minimum absolute atomic E-state index is 0.110. The first-order chi connectivity index (χ1) is 10.7. The van der Waals surface area contributed by atoms with Crippen molar-refractivity contribution in [3.63, 3.8) is 0 Å². The standard InChI is InChI=1S/C16H21N5O/c1-19-15(6-7-17-19)12-3-2-8-20(10-12)16(22)13-9-18-21(11-13)14-4-5-14/h6-7,9,11-12,14H,2-5,8,10H2,1H3. The summed E-state index contributed by atoms with van der Waals surface area (Å²) in [6, 6.07) is 2.58. The molecule has 3 heterocycles. The number of piperidine rings is 1. The van der Waals surface area contributed by atoms with Gasteiger partial charge in [0.1, 0.15) is 0 Å². The van der Waals surface area contributed by atoms with Crippen molar-refractivity contribution >= 4 is 5.91 Å². The van der Waals surface area contributed by atoms with E-state index in [0.29, 0.717) is 12.0 Å². The number of hydrogen-bond donors (Lipinski definition) is 0. The van der Waals surface area contributed by atoms with Gasteiger partial charge in [-0.2, -0.15) is 10.2 Å². The van der Waals surface area contributed by atoms with E-state index in [1.165, 1.54) is 18.5 Å². The van der Waals surface area contributed by atoms with E-state index in [4.69, 9.17) is 0 Å². The Hall–Kier alpha value is -2.11. The molecule has 1 aliphatic carbocycles. The van der Waals surface area contributed by atoms with Crippen LogP contribution in [0.2, 0.25) is 0 Å². The van der Waals surface area contributed by atoms with Crippen molar-refractivity contribution in [2.24, 2.45) is 7.05 Å². The zero-order valence-electron chi connectivity index (χ0n) is 12.9. The van der Waals surface area contributed by atoms with Gasteiger partial charge in [-0.25, -0.2) is 0 Å². The highest BCUT2D eigenvalue weighted by atomic mass is 16.2. The van der Waals surface area contributed by atoms with E-state index in [0.717, 1.165) is 31.5 Å². The Balaban J connectivity index is 1.49. The third kappa shape index (κ3) is 2.42. The van der Waals surface area contributed by atoms with E-state index in [2.05, 4.69) is 16.3 Å². The van der Waals surface area contributed by atoms with Gasteiger partial charge in [-0.3, -0.25) is 14.2 Å². The molecule has 0 bridgehead atoms. The maximum atomic E-state index is 12.7. The third-order valence-electron chi connectivity index (χ3n) is 4.76. The van der Waals surface area contributed by atoms with Crippen molar-refractivity contribution in [2.45, 2.75) is 37.6 Å². The van der Waals surface area contributed by atoms with Crippen LogP contribution in [0.25, 0.3) is 0 Å². The fourth-order valence-corrected chi connectivity index (χ4v) is 3.36. The molecule has 2 fully saturated rings. The maximum Gasteiger partial charge on any atom is 0.257 e. The Morgan fingerprint density at radius 2 is 2.14 bits per heavy atom. The lowest BCUT2D eigenvalue weighted by molar-refractivity contribution is 0.0704. The average Bonchev–Trinajstić information content (AvgIpc) is 3.11. The molecule has 0 N–H and O–H groups in total. The topological polar surface area (TPSA) is 56.0 Å². The van der Waals surface area contributed by atoms with Crippen LogP contribution in [0.3, 0.4) is 0 Å². The molecule has 6 nitrogen and oxygen atoms in total. The van der Waals surface area contributed by atoms with Crippen LogP contribution in [-0.4, -0.2) is 43.5 Å².